The molecule has 0 bridgehead atoms. The van der Waals surface area contributed by atoms with Gasteiger partial charge in [-0.1, -0.05) is 65.5 Å². The van der Waals surface area contributed by atoms with Crippen LogP contribution in [0.4, 0.5) is 0 Å². The van der Waals surface area contributed by atoms with Crippen molar-refractivity contribution in [2.45, 2.75) is 105 Å². The van der Waals surface area contributed by atoms with Crippen molar-refractivity contribution < 1.29 is 12.9 Å². The molecule has 0 saturated heterocycles. The number of hydrogen-bond donors (Lipinski definition) is 1. The Balaban J connectivity index is 2.39. The molecular formula is C30H46NO3P. The molecule has 0 spiro atoms. The number of rotatable bonds is 15. The second kappa shape index (κ2) is 14.7. The van der Waals surface area contributed by atoms with Crippen LogP contribution in [0.15, 0.2) is 32.7 Å². The minimum Gasteiger partial charge on any atom is -0.399 e. The average Bonchev–Trinajstić information content (AvgIpc) is 3.03. The lowest BCUT2D eigenvalue weighted by Gasteiger charge is -2.11. The molecule has 0 aliphatic carbocycles. The van der Waals surface area contributed by atoms with Gasteiger partial charge in [0.1, 0.15) is 11.2 Å². The minimum atomic E-state index is -1.56. The maximum atomic E-state index is 6.57. The SMILES string of the molecule is CCCCc1cc(CCCC)c2op(OCCN)oc3c(CCCC)cc(CCCC)cc3c2c1. The summed E-state index contributed by atoms with van der Waals surface area (Å²) in [6.07, 6.45) is 13.6. The first-order valence-electron chi connectivity index (χ1n) is 14.0. The van der Waals surface area contributed by atoms with Crippen molar-refractivity contribution in [3.8, 4) is 0 Å². The Kier molecular flexibility index (Phi) is 11.7. The van der Waals surface area contributed by atoms with Gasteiger partial charge in [-0.3, -0.25) is 4.52 Å². The molecule has 0 aliphatic heterocycles. The number of unbranched alkanes of at least 4 members (excludes halogenated alkanes) is 4. The van der Waals surface area contributed by atoms with Crippen LogP contribution >= 0.6 is 8.24 Å². The zero-order chi connectivity index (χ0) is 25.0. The van der Waals surface area contributed by atoms with Crippen LogP contribution in [0.2, 0.25) is 0 Å². The van der Waals surface area contributed by atoms with Crippen molar-refractivity contribution in [2.75, 3.05) is 13.2 Å². The molecule has 0 amide bonds. The monoisotopic (exact) mass is 499 g/mol. The zero-order valence-electron chi connectivity index (χ0n) is 22.5. The second-order valence-corrected chi connectivity index (χ2v) is 10.8. The maximum Gasteiger partial charge on any atom is 0.387 e. The maximum absolute atomic E-state index is 6.57. The molecule has 4 nitrogen and oxygen atoms in total. The lowest BCUT2D eigenvalue weighted by atomic mass is 9.94. The molecular weight excluding hydrogens is 453 g/mol. The Hall–Kier alpha value is -1.74. The van der Waals surface area contributed by atoms with Gasteiger partial charge in [0.05, 0.1) is 6.61 Å². The molecule has 1 heterocycles. The first-order chi connectivity index (χ1) is 17.1. The molecule has 0 fully saturated rings. The third-order valence-electron chi connectivity index (χ3n) is 6.62. The van der Waals surface area contributed by atoms with Crippen molar-refractivity contribution in [3.63, 3.8) is 0 Å². The van der Waals surface area contributed by atoms with Crippen LogP contribution in [-0.2, 0) is 25.7 Å². The molecule has 194 valence electrons. The molecule has 0 saturated carbocycles. The summed E-state index contributed by atoms with van der Waals surface area (Å²) in [5.74, 6) is 0. The largest absolute Gasteiger partial charge is 0.399 e. The predicted octanol–water partition coefficient (Wildman–Crippen LogP) is 9.05. The number of aryl methyl sites for hydroxylation is 4. The lowest BCUT2D eigenvalue weighted by molar-refractivity contribution is 0.381. The Morgan fingerprint density at radius 3 is 1.49 bits per heavy atom. The summed E-state index contributed by atoms with van der Waals surface area (Å²) in [6, 6.07) is 9.45. The van der Waals surface area contributed by atoms with Crippen LogP contribution < -0.4 is 10.3 Å². The van der Waals surface area contributed by atoms with Gasteiger partial charge in [-0.2, -0.15) is 0 Å². The Morgan fingerprint density at radius 2 is 1.09 bits per heavy atom. The molecule has 0 radical (unpaired) electrons. The molecule has 2 aromatic carbocycles. The Bertz CT molecular complexity index is 1020. The summed E-state index contributed by atoms with van der Waals surface area (Å²) in [7, 11) is -1.56. The van der Waals surface area contributed by atoms with Crippen LogP contribution in [0.1, 0.15) is 101 Å². The van der Waals surface area contributed by atoms with Gasteiger partial charge in [0, 0.05) is 17.3 Å². The first kappa shape index (κ1) is 27.8. The third kappa shape index (κ3) is 7.62. The summed E-state index contributed by atoms with van der Waals surface area (Å²) < 4.78 is 19.2. The molecule has 35 heavy (non-hydrogen) atoms. The van der Waals surface area contributed by atoms with E-state index in [-0.39, 0.29) is 0 Å². The standard InChI is InChI=1S/C30H46NO3P/c1-5-9-13-23-19-25(15-11-7-3)29-27(21-23)28-22-24(14-10-6-2)20-26(16-12-8-4)30(28)34-35(33-29)32-18-17-31/h19-22H,5-18,31H2,1-4H3. The Morgan fingerprint density at radius 1 is 0.657 bits per heavy atom. The molecule has 0 atom stereocenters. The molecule has 0 aliphatic rings. The van der Waals surface area contributed by atoms with E-state index in [9.17, 15) is 0 Å². The molecule has 5 heteroatoms. The quantitative estimate of drug-likeness (QED) is 0.226. The molecule has 3 aromatic rings. The Labute approximate surface area is 213 Å². The van der Waals surface area contributed by atoms with Gasteiger partial charge < -0.3 is 14.1 Å². The van der Waals surface area contributed by atoms with E-state index in [1.807, 2.05) is 0 Å². The predicted molar refractivity (Wildman–Crippen MR) is 151 cm³/mol. The first-order valence-corrected chi connectivity index (χ1v) is 15.1. The fourth-order valence-electron chi connectivity index (χ4n) is 4.63. The summed E-state index contributed by atoms with van der Waals surface area (Å²) >= 11 is 0. The van der Waals surface area contributed by atoms with E-state index in [0.29, 0.717) is 13.2 Å². The van der Waals surface area contributed by atoms with Crippen molar-refractivity contribution in [1.29, 1.82) is 0 Å². The third-order valence-corrected chi connectivity index (χ3v) is 7.68. The molecule has 0 unspecified atom stereocenters. The zero-order valence-corrected chi connectivity index (χ0v) is 23.4. The van der Waals surface area contributed by atoms with Gasteiger partial charge in [-0.05, 0) is 85.8 Å². The number of fused-ring (bicyclic) bond motifs is 3. The van der Waals surface area contributed by atoms with Crippen LogP contribution in [0.3, 0.4) is 0 Å². The lowest BCUT2D eigenvalue weighted by Crippen LogP contribution is -2.09. The van der Waals surface area contributed by atoms with Gasteiger partial charge in [0.2, 0.25) is 0 Å². The van der Waals surface area contributed by atoms with Crippen molar-refractivity contribution in [2.24, 2.45) is 5.73 Å². The summed E-state index contributed by atoms with van der Waals surface area (Å²) in [6.45, 7) is 9.88. The number of nitrogens with two attached hydrogens (primary N) is 1. The van der Waals surface area contributed by atoms with E-state index in [1.165, 1.54) is 58.7 Å². The normalized spacial score (nSPS) is 11.6. The van der Waals surface area contributed by atoms with Crippen LogP contribution in [0, 0.1) is 0 Å². The highest BCUT2D eigenvalue weighted by molar-refractivity contribution is 7.31. The summed E-state index contributed by atoms with van der Waals surface area (Å²) in [5, 5.41) is 2.36. The second-order valence-electron chi connectivity index (χ2n) is 9.71. The minimum absolute atomic E-state index is 0.425. The topological polar surface area (TPSA) is 61.5 Å². The van der Waals surface area contributed by atoms with Gasteiger partial charge in [-0.15, -0.1) is 0 Å². The summed E-state index contributed by atoms with van der Waals surface area (Å²) in [5.41, 5.74) is 13.0. The number of hydrogen-bond acceptors (Lipinski definition) is 4. The van der Waals surface area contributed by atoms with Crippen molar-refractivity contribution in [1.82, 2.24) is 0 Å². The molecule has 1 aromatic heterocycles. The smallest absolute Gasteiger partial charge is 0.387 e. The fourth-order valence-corrected chi connectivity index (χ4v) is 5.76. The van der Waals surface area contributed by atoms with Gasteiger partial charge >= 0.3 is 8.24 Å². The highest BCUT2D eigenvalue weighted by Crippen LogP contribution is 2.39. The van der Waals surface area contributed by atoms with Crippen molar-refractivity contribution >= 4 is 30.2 Å². The highest BCUT2D eigenvalue weighted by Gasteiger charge is 2.16. The van der Waals surface area contributed by atoms with Gasteiger partial charge in [-0.25, -0.2) is 0 Å². The van der Waals surface area contributed by atoms with Gasteiger partial charge in [0.25, 0.3) is 0 Å². The highest BCUT2D eigenvalue weighted by atomic mass is 31.1. The average molecular weight is 500 g/mol. The summed E-state index contributed by atoms with van der Waals surface area (Å²) in [4.78, 5) is 0. The molecule has 3 rings (SSSR count). The van der Waals surface area contributed by atoms with Crippen molar-refractivity contribution in [3.05, 3.63) is 46.5 Å². The van der Waals surface area contributed by atoms with E-state index in [0.717, 1.165) is 62.5 Å². The van der Waals surface area contributed by atoms with E-state index in [1.54, 1.807) is 0 Å². The number of benzene rings is 2. The van der Waals surface area contributed by atoms with Gasteiger partial charge in [0.15, 0.2) is 0 Å². The molecule has 2 N–H and O–H groups in total. The van der Waals surface area contributed by atoms with E-state index >= 15 is 0 Å². The fraction of sp³-hybridized carbons (Fsp3) is 0.600. The van der Waals surface area contributed by atoms with Crippen LogP contribution in [-0.4, -0.2) is 13.2 Å². The van der Waals surface area contributed by atoms with Crippen LogP contribution in [0.25, 0.3) is 21.9 Å². The van der Waals surface area contributed by atoms with E-state index in [4.69, 9.17) is 18.7 Å². The van der Waals surface area contributed by atoms with E-state index < -0.39 is 8.24 Å². The van der Waals surface area contributed by atoms with Crippen LogP contribution in [0.5, 0.6) is 0 Å². The van der Waals surface area contributed by atoms with E-state index in [2.05, 4.69) is 52.0 Å².